The second-order valence-corrected chi connectivity index (χ2v) is 3.90. The van der Waals surface area contributed by atoms with Crippen molar-refractivity contribution in [3.8, 4) is 0 Å². The van der Waals surface area contributed by atoms with Crippen LogP contribution in [0.15, 0.2) is 12.5 Å². The summed E-state index contributed by atoms with van der Waals surface area (Å²) < 4.78 is 37.8. The Kier molecular flexibility index (Phi) is 3.08. The van der Waals surface area contributed by atoms with Crippen LogP contribution in [0.25, 0.3) is 0 Å². The molecule has 0 saturated carbocycles. The fourth-order valence-corrected chi connectivity index (χ4v) is 1.29. The predicted octanol–water partition coefficient (Wildman–Crippen LogP) is 1.90. The lowest BCUT2D eigenvalue weighted by Gasteiger charge is -2.25. The van der Waals surface area contributed by atoms with Gasteiger partial charge in [0.1, 0.15) is 6.54 Å². The van der Waals surface area contributed by atoms with Crippen LogP contribution < -0.4 is 5.32 Å². The normalized spacial score (nSPS) is 13.2. The van der Waals surface area contributed by atoms with Crippen molar-refractivity contribution in [2.24, 2.45) is 0 Å². The van der Waals surface area contributed by atoms with Gasteiger partial charge in [-0.3, -0.25) is 0 Å². The molecule has 0 aliphatic carbocycles. The van der Waals surface area contributed by atoms with Crippen molar-refractivity contribution < 1.29 is 13.2 Å². The highest BCUT2D eigenvalue weighted by atomic mass is 19.4. The lowest BCUT2D eigenvalue weighted by atomic mass is 10.0. The molecule has 0 spiro atoms. The summed E-state index contributed by atoms with van der Waals surface area (Å²) in [7, 11) is 1.70. The van der Waals surface area contributed by atoms with Gasteiger partial charge in [-0.15, -0.1) is 0 Å². The summed E-state index contributed by atoms with van der Waals surface area (Å²) in [5.41, 5.74) is -0.01000. The van der Waals surface area contributed by atoms with E-state index in [1.54, 1.807) is 20.9 Å². The van der Waals surface area contributed by atoms with Crippen LogP contribution in [0.2, 0.25) is 0 Å². The summed E-state index contributed by atoms with van der Waals surface area (Å²) >= 11 is 0. The Morgan fingerprint density at radius 1 is 1.40 bits per heavy atom. The average Bonchev–Trinajstić information content (AvgIpc) is 2.50. The minimum absolute atomic E-state index is 0.516. The van der Waals surface area contributed by atoms with Gasteiger partial charge >= 0.3 is 6.18 Å². The molecule has 6 heteroatoms. The molecule has 0 aromatic carbocycles. The third-order valence-corrected chi connectivity index (χ3v) is 2.33. The highest BCUT2D eigenvalue weighted by Crippen LogP contribution is 2.23. The number of hydrogen-bond acceptors (Lipinski definition) is 2. The highest BCUT2D eigenvalue weighted by Gasteiger charge is 2.31. The second kappa shape index (κ2) is 3.84. The first-order chi connectivity index (χ1) is 6.76. The molecule has 15 heavy (non-hydrogen) atoms. The van der Waals surface area contributed by atoms with Crippen LogP contribution in [0.3, 0.4) is 0 Å². The molecule has 0 unspecified atom stereocenters. The Balaban J connectivity index is 2.97. The molecule has 1 rings (SSSR count). The smallest absolute Gasteiger partial charge is 0.324 e. The summed E-state index contributed by atoms with van der Waals surface area (Å²) in [6, 6.07) is 0. The molecule has 0 aliphatic heterocycles. The maximum atomic E-state index is 12.2. The van der Waals surface area contributed by atoms with Crippen LogP contribution in [-0.2, 0) is 12.1 Å². The first kappa shape index (κ1) is 12.0. The van der Waals surface area contributed by atoms with Gasteiger partial charge in [-0.1, -0.05) is 0 Å². The van der Waals surface area contributed by atoms with Crippen LogP contribution in [0.1, 0.15) is 19.5 Å². The zero-order chi connectivity index (χ0) is 11.7. The standard InChI is InChI=1S/C9H14F3N3/c1-8(2,13-3)7-4-14-6-15(7)5-9(10,11)12/h4,6,13H,5H2,1-3H3. The van der Waals surface area contributed by atoms with Crippen molar-refractivity contribution in [2.75, 3.05) is 7.05 Å². The van der Waals surface area contributed by atoms with Crippen molar-refractivity contribution >= 4 is 0 Å². The molecule has 86 valence electrons. The Labute approximate surface area is 86.3 Å². The number of aromatic nitrogens is 2. The number of alkyl halides is 3. The quantitative estimate of drug-likeness (QED) is 0.844. The molecule has 0 fully saturated rings. The van der Waals surface area contributed by atoms with Crippen molar-refractivity contribution in [2.45, 2.75) is 32.1 Å². The van der Waals surface area contributed by atoms with Gasteiger partial charge in [0.05, 0.1) is 17.6 Å². The molecular formula is C9H14F3N3. The molecule has 1 N–H and O–H groups in total. The number of rotatable bonds is 3. The number of imidazole rings is 1. The van der Waals surface area contributed by atoms with E-state index in [-0.39, 0.29) is 0 Å². The summed E-state index contributed by atoms with van der Waals surface area (Å²) in [6.45, 7) is 2.60. The first-order valence-corrected chi connectivity index (χ1v) is 4.52. The number of hydrogen-bond donors (Lipinski definition) is 1. The molecule has 1 aromatic rings. The van der Waals surface area contributed by atoms with Gasteiger partial charge in [-0.2, -0.15) is 13.2 Å². The van der Waals surface area contributed by atoms with E-state index in [0.717, 1.165) is 4.57 Å². The zero-order valence-corrected chi connectivity index (χ0v) is 8.89. The molecule has 0 radical (unpaired) electrons. The van der Waals surface area contributed by atoms with Crippen molar-refractivity contribution in [1.82, 2.24) is 14.9 Å². The van der Waals surface area contributed by atoms with Crippen LogP contribution in [0, 0.1) is 0 Å². The van der Waals surface area contributed by atoms with Crippen LogP contribution in [-0.4, -0.2) is 22.8 Å². The lowest BCUT2D eigenvalue weighted by molar-refractivity contribution is -0.141. The van der Waals surface area contributed by atoms with Crippen LogP contribution >= 0.6 is 0 Å². The maximum Gasteiger partial charge on any atom is 0.406 e. The van der Waals surface area contributed by atoms with E-state index in [0.29, 0.717) is 5.69 Å². The van der Waals surface area contributed by atoms with Gasteiger partial charge in [-0.05, 0) is 20.9 Å². The van der Waals surface area contributed by atoms with Crippen LogP contribution in [0.4, 0.5) is 13.2 Å². The fourth-order valence-electron chi connectivity index (χ4n) is 1.29. The van der Waals surface area contributed by atoms with E-state index in [9.17, 15) is 13.2 Å². The fraction of sp³-hybridized carbons (Fsp3) is 0.667. The van der Waals surface area contributed by atoms with Crippen molar-refractivity contribution in [3.05, 3.63) is 18.2 Å². The monoisotopic (exact) mass is 221 g/mol. The van der Waals surface area contributed by atoms with Gasteiger partial charge in [0.25, 0.3) is 0 Å². The molecule has 1 aromatic heterocycles. The van der Waals surface area contributed by atoms with Gasteiger partial charge < -0.3 is 9.88 Å². The van der Waals surface area contributed by atoms with Gasteiger partial charge in [0, 0.05) is 6.20 Å². The minimum atomic E-state index is -4.22. The van der Waals surface area contributed by atoms with E-state index >= 15 is 0 Å². The first-order valence-electron chi connectivity index (χ1n) is 4.52. The van der Waals surface area contributed by atoms with Crippen molar-refractivity contribution in [3.63, 3.8) is 0 Å². The predicted molar refractivity (Wildman–Crippen MR) is 50.4 cm³/mol. The molecule has 0 bridgehead atoms. The van der Waals surface area contributed by atoms with E-state index in [2.05, 4.69) is 10.3 Å². The van der Waals surface area contributed by atoms with Crippen LogP contribution in [0.5, 0.6) is 0 Å². The Hall–Kier alpha value is -1.04. The minimum Gasteiger partial charge on any atom is -0.324 e. The largest absolute Gasteiger partial charge is 0.406 e. The molecule has 0 saturated heterocycles. The number of halogens is 3. The number of nitrogens with one attached hydrogen (secondary N) is 1. The molecule has 0 atom stereocenters. The third-order valence-electron chi connectivity index (χ3n) is 2.33. The lowest BCUT2D eigenvalue weighted by Crippen LogP contribution is -2.36. The van der Waals surface area contributed by atoms with E-state index in [1.807, 2.05) is 0 Å². The van der Waals surface area contributed by atoms with E-state index in [4.69, 9.17) is 0 Å². The molecular weight excluding hydrogens is 207 g/mol. The van der Waals surface area contributed by atoms with E-state index < -0.39 is 18.3 Å². The zero-order valence-electron chi connectivity index (χ0n) is 8.89. The summed E-state index contributed by atoms with van der Waals surface area (Å²) in [6.07, 6.45) is -1.58. The SMILES string of the molecule is CNC(C)(C)c1cncn1CC(F)(F)F. The molecule has 1 heterocycles. The highest BCUT2D eigenvalue weighted by molar-refractivity contribution is 5.10. The topological polar surface area (TPSA) is 29.9 Å². The Morgan fingerprint density at radius 3 is 2.47 bits per heavy atom. The second-order valence-electron chi connectivity index (χ2n) is 3.90. The average molecular weight is 221 g/mol. The molecule has 3 nitrogen and oxygen atoms in total. The van der Waals surface area contributed by atoms with Gasteiger partial charge in [-0.25, -0.2) is 4.98 Å². The molecule has 0 aliphatic rings. The third kappa shape index (κ3) is 2.95. The van der Waals surface area contributed by atoms with Gasteiger partial charge in [0.2, 0.25) is 0 Å². The Morgan fingerprint density at radius 2 is 2.00 bits per heavy atom. The molecule has 0 amide bonds. The van der Waals surface area contributed by atoms with Gasteiger partial charge in [0.15, 0.2) is 0 Å². The summed E-state index contributed by atoms with van der Waals surface area (Å²) in [5, 5.41) is 2.94. The van der Waals surface area contributed by atoms with E-state index in [1.165, 1.54) is 12.5 Å². The van der Waals surface area contributed by atoms with Crippen molar-refractivity contribution in [1.29, 1.82) is 0 Å². The maximum absolute atomic E-state index is 12.2. The summed E-state index contributed by atoms with van der Waals surface area (Å²) in [4.78, 5) is 3.74. The Bertz CT molecular complexity index is 328. The number of nitrogens with zero attached hydrogens (tertiary/aromatic N) is 2. The summed E-state index contributed by atoms with van der Waals surface area (Å²) in [5.74, 6) is 0.